The fourth-order valence-electron chi connectivity index (χ4n) is 5.26. The van der Waals surface area contributed by atoms with Gasteiger partial charge in [-0.25, -0.2) is 0 Å². The molecule has 0 radical (unpaired) electrons. The van der Waals surface area contributed by atoms with Gasteiger partial charge in [0.1, 0.15) is 5.60 Å². The fourth-order valence-corrected chi connectivity index (χ4v) is 5.74. The molecule has 5 rings (SSSR count). The van der Waals surface area contributed by atoms with Gasteiger partial charge in [-0.2, -0.15) is 0 Å². The summed E-state index contributed by atoms with van der Waals surface area (Å²) in [5.74, 6) is 0. The predicted molar refractivity (Wildman–Crippen MR) is 116 cm³/mol. The maximum absolute atomic E-state index is 11.7. The van der Waals surface area contributed by atoms with E-state index in [-0.39, 0.29) is 18.1 Å². The van der Waals surface area contributed by atoms with E-state index in [0.717, 1.165) is 29.7 Å². The average Bonchev–Trinajstić information content (AvgIpc) is 3.27. The first-order valence-electron chi connectivity index (χ1n) is 10.00. The topological polar surface area (TPSA) is 36.4 Å². The Kier molecular flexibility index (Phi) is 4.87. The number of fused-ring (bicyclic) bond motifs is 2. The van der Waals surface area contributed by atoms with Gasteiger partial charge >= 0.3 is 0 Å². The highest BCUT2D eigenvalue weighted by Gasteiger charge is 2.59. The number of benzene rings is 2. The van der Waals surface area contributed by atoms with E-state index < -0.39 is 5.60 Å². The third-order valence-corrected chi connectivity index (χ3v) is 7.15. The average molecular weight is 425 g/mol. The molecule has 2 saturated heterocycles. The zero-order chi connectivity index (χ0) is 20.0. The second-order valence-electron chi connectivity index (χ2n) is 7.98. The molecular weight excluding hydrogens is 403 g/mol. The van der Waals surface area contributed by atoms with Gasteiger partial charge in [0.05, 0.1) is 11.7 Å². The van der Waals surface area contributed by atoms with Crippen molar-refractivity contribution in [2.45, 2.75) is 43.0 Å². The molecular formula is C24H22Cl2N2O. The molecule has 2 aromatic carbocycles. The van der Waals surface area contributed by atoms with Crippen LogP contribution < -0.4 is 0 Å². The van der Waals surface area contributed by atoms with Crippen LogP contribution in [-0.4, -0.2) is 27.1 Å². The van der Waals surface area contributed by atoms with Crippen molar-refractivity contribution in [3.8, 4) is 0 Å². The van der Waals surface area contributed by atoms with E-state index >= 15 is 0 Å². The minimum atomic E-state index is -0.967. The lowest BCUT2D eigenvalue weighted by Gasteiger charge is -2.36. The third-order valence-electron chi connectivity index (χ3n) is 6.46. The summed E-state index contributed by atoms with van der Waals surface area (Å²) in [6.07, 6.45) is 4.39. The van der Waals surface area contributed by atoms with E-state index in [4.69, 9.17) is 23.2 Å². The van der Waals surface area contributed by atoms with Crippen LogP contribution in [-0.2, 0) is 5.60 Å². The summed E-state index contributed by atoms with van der Waals surface area (Å²) in [6.45, 7) is 0. The predicted octanol–water partition coefficient (Wildman–Crippen LogP) is 5.60. The summed E-state index contributed by atoms with van der Waals surface area (Å²) >= 11 is 13.3. The van der Waals surface area contributed by atoms with Crippen LogP contribution in [0, 0.1) is 0 Å². The number of aromatic nitrogens is 1. The van der Waals surface area contributed by atoms with E-state index in [9.17, 15) is 5.11 Å². The molecule has 0 saturated carbocycles. The summed E-state index contributed by atoms with van der Waals surface area (Å²) in [5, 5.41) is 13.2. The van der Waals surface area contributed by atoms with Gasteiger partial charge in [-0.3, -0.25) is 9.88 Å². The van der Waals surface area contributed by atoms with Gasteiger partial charge in [-0.1, -0.05) is 65.7 Å². The largest absolute Gasteiger partial charge is 0.382 e. The van der Waals surface area contributed by atoms with Crippen LogP contribution in [0.15, 0.2) is 72.9 Å². The molecule has 5 heteroatoms. The van der Waals surface area contributed by atoms with E-state index in [0.29, 0.717) is 16.5 Å². The highest BCUT2D eigenvalue weighted by atomic mass is 35.5. The zero-order valence-corrected chi connectivity index (χ0v) is 17.4. The number of halogens is 2. The Morgan fingerprint density at radius 1 is 0.897 bits per heavy atom. The number of hydrogen-bond donors (Lipinski definition) is 1. The summed E-state index contributed by atoms with van der Waals surface area (Å²) in [4.78, 5) is 6.92. The van der Waals surface area contributed by atoms with Crippen molar-refractivity contribution in [3.63, 3.8) is 0 Å². The van der Waals surface area contributed by atoms with E-state index in [1.165, 1.54) is 0 Å². The molecule has 3 unspecified atom stereocenters. The van der Waals surface area contributed by atoms with Crippen LogP contribution in [0.5, 0.6) is 0 Å². The summed E-state index contributed by atoms with van der Waals surface area (Å²) in [7, 11) is 0. The van der Waals surface area contributed by atoms with Crippen LogP contribution in [0.1, 0.15) is 42.1 Å². The molecule has 2 aliphatic rings. The molecule has 3 heterocycles. The van der Waals surface area contributed by atoms with Gasteiger partial charge in [-0.15, -0.1) is 0 Å². The molecule has 3 aromatic rings. The second kappa shape index (κ2) is 7.41. The van der Waals surface area contributed by atoms with Crippen LogP contribution in [0.3, 0.4) is 0 Å². The smallest absolute Gasteiger partial charge is 0.123 e. The van der Waals surface area contributed by atoms with Gasteiger partial charge in [0.2, 0.25) is 0 Å². The Hall–Kier alpha value is -1.91. The van der Waals surface area contributed by atoms with Crippen molar-refractivity contribution < 1.29 is 5.11 Å². The monoisotopic (exact) mass is 424 g/mol. The molecule has 0 spiro atoms. The van der Waals surface area contributed by atoms with Crippen molar-refractivity contribution in [2.24, 2.45) is 0 Å². The lowest BCUT2D eigenvalue weighted by molar-refractivity contribution is -0.0108. The van der Waals surface area contributed by atoms with E-state index in [1.807, 2.05) is 54.6 Å². The molecule has 2 fully saturated rings. The lowest BCUT2D eigenvalue weighted by atomic mass is 9.82. The number of nitrogens with zero attached hydrogens (tertiary/aromatic N) is 2. The van der Waals surface area contributed by atoms with Crippen LogP contribution in [0.2, 0.25) is 10.0 Å². The number of rotatable bonds is 4. The Balaban J connectivity index is 1.64. The minimum absolute atomic E-state index is 0.0417. The van der Waals surface area contributed by atoms with Gasteiger partial charge in [-0.05, 0) is 54.7 Å². The molecule has 3 nitrogen and oxygen atoms in total. The Bertz CT molecular complexity index is 983. The molecule has 2 aliphatic heterocycles. The molecule has 1 aromatic heterocycles. The fraction of sp³-hybridized carbons (Fsp3) is 0.292. The Morgan fingerprint density at radius 3 is 2.10 bits per heavy atom. The normalized spacial score (nSPS) is 26.3. The number of hydrogen-bond acceptors (Lipinski definition) is 3. The van der Waals surface area contributed by atoms with Crippen molar-refractivity contribution in [2.75, 3.05) is 0 Å². The molecule has 3 atom stereocenters. The molecule has 0 amide bonds. The summed E-state index contributed by atoms with van der Waals surface area (Å²) < 4.78 is 0. The molecule has 148 valence electrons. The molecule has 2 bridgehead atoms. The summed E-state index contributed by atoms with van der Waals surface area (Å²) in [6, 6.07) is 21.7. The maximum Gasteiger partial charge on any atom is 0.123 e. The maximum atomic E-state index is 11.7. The SMILES string of the molecule is OC1(c2ccccn2)CC2CCC1N2C(c1ccccc1Cl)c1ccccc1Cl. The minimum Gasteiger partial charge on any atom is -0.382 e. The van der Waals surface area contributed by atoms with Gasteiger partial charge in [0.25, 0.3) is 0 Å². The van der Waals surface area contributed by atoms with Gasteiger partial charge in [0.15, 0.2) is 0 Å². The molecule has 0 aliphatic carbocycles. The highest BCUT2D eigenvalue weighted by molar-refractivity contribution is 6.32. The Morgan fingerprint density at radius 2 is 1.52 bits per heavy atom. The van der Waals surface area contributed by atoms with Crippen molar-refractivity contribution in [1.82, 2.24) is 9.88 Å². The first-order valence-corrected chi connectivity index (χ1v) is 10.8. The third kappa shape index (κ3) is 3.08. The van der Waals surface area contributed by atoms with E-state index in [1.54, 1.807) is 6.20 Å². The van der Waals surface area contributed by atoms with Crippen LogP contribution >= 0.6 is 23.2 Å². The van der Waals surface area contributed by atoms with Crippen molar-refractivity contribution in [1.29, 1.82) is 0 Å². The van der Waals surface area contributed by atoms with Crippen LogP contribution in [0.25, 0.3) is 0 Å². The first kappa shape index (κ1) is 19.1. The quantitative estimate of drug-likeness (QED) is 0.591. The van der Waals surface area contributed by atoms with Gasteiger partial charge < -0.3 is 5.11 Å². The lowest BCUT2D eigenvalue weighted by Crippen LogP contribution is -2.43. The molecule has 1 N–H and O–H groups in total. The summed E-state index contributed by atoms with van der Waals surface area (Å²) in [5.41, 5.74) is 1.81. The first-order chi connectivity index (χ1) is 14.1. The Labute approximate surface area is 180 Å². The number of aliphatic hydroxyl groups is 1. The zero-order valence-electron chi connectivity index (χ0n) is 15.9. The van der Waals surface area contributed by atoms with Crippen LogP contribution in [0.4, 0.5) is 0 Å². The highest BCUT2D eigenvalue weighted by Crippen LogP contribution is 2.54. The number of pyridine rings is 1. The van der Waals surface area contributed by atoms with Crippen molar-refractivity contribution >= 4 is 23.2 Å². The van der Waals surface area contributed by atoms with Crippen molar-refractivity contribution in [3.05, 3.63) is 99.8 Å². The molecule has 29 heavy (non-hydrogen) atoms. The van der Waals surface area contributed by atoms with Gasteiger partial charge in [0, 0.05) is 28.3 Å². The standard InChI is InChI=1S/C24H22Cl2N2O/c25-19-9-3-1-7-17(19)23(18-8-2-4-10-20(18)26)28-16-12-13-22(28)24(29,15-16)21-11-5-6-14-27-21/h1-11,14,16,22-23,29H,12-13,15H2. The second-order valence-corrected chi connectivity index (χ2v) is 8.80. The van der Waals surface area contributed by atoms with E-state index in [2.05, 4.69) is 22.0 Å².